The van der Waals surface area contributed by atoms with Gasteiger partial charge >= 0.3 is 0 Å². The van der Waals surface area contributed by atoms with E-state index in [1.165, 1.54) is 37.0 Å². The zero-order valence-corrected chi connectivity index (χ0v) is 16.3. The third-order valence-electron chi connectivity index (χ3n) is 4.56. The highest BCUT2D eigenvalue weighted by Crippen LogP contribution is 2.21. The van der Waals surface area contributed by atoms with Gasteiger partial charge in [-0.1, -0.05) is 19.3 Å². The number of rotatable bonds is 8. The summed E-state index contributed by atoms with van der Waals surface area (Å²) in [7, 11) is 2.28. The number of hydrogen-bond donors (Lipinski definition) is 2. The van der Waals surface area contributed by atoms with E-state index in [1.807, 2.05) is 6.20 Å². The van der Waals surface area contributed by atoms with E-state index < -0.39 is 0 Å². The zero-order valence-electron chi connectivity index (χ0n) is 15.5. The number of aryl methyl sites for hydroxylation is 1. The van der Waals surface area contributed by atoms with E-state index in [0.29, 0.717) is 6.54 Å². The van der Waals surface area contributed by atoms with Crippen molar-refractivity contribution in [2.75, 3.05) is 26.7 Å². The molecule has 0 atom stereocenters. The quantitative estimate of drug-likeness (QED) is 0.429. The zero-order chi connectivity index (χ0) is 17.2. The number of thiazole rings is 1. The lowest BCUT2D eigenvalue weighted by atomic mass is 9.94. The average molecular weight is 352 g/mol. The van der Waals surface area contributed by atoms with E-state index in [0.717, 1.165) is 43.1 Å². The molecular weight excluding hydrogens is 318 g/mol. The standard InChI is InChI=1S/C18H33N5S/c1-4-19-18(22-14-17-21-13-15(2)24-17)20-11-8-12-23(3)16-9-6-5-7-10-16/h13,16H,4-12,14H2,1-3H3,(H2,19,20,22). The molecule has 6 heteroatoms. The van der Waals surface area contributed by atoms with Gasteiger partial charge in [0.05, 0.1) is 6.54 Å². The van der Waals surface area contributed by atoms with Gasteiger partial charge in [-0.2, -0.15) is 0 Å². The molecule has 0 saturated heterocycles. The van der Waals surface area contributed by atoms with Crippen LogP contribution in [0.15, 0.2) is 11.2 Å². The Labute approximate surface area is 151 Å². The van der Waals surface area contributed by atoms with Crippen molar-refractivity contribution in [1.29, 1.82) is 0 Å². The Morgan fingerprint density at radius 3 is 2.79 bits per heavy atom. The summed E-state index contributed by atoms with van der Waals surface area (Å²) in [5.74, 6) is 0.894. The highest BCUT2D eigenvalue weighted by molar-refractivity contribution is 7.11. The SMILES string of the molecule is CCNC(=NCc1ncc(C)s1)NCCCN(C)C1CCCCC1. The number of guanidine groups is 1. The second kappa shape index (κ2) is 10.7. The first-order valence-electron chi connectivity index (χ1n) is 9.32. The van der Waals surface area contributed by atoms with Crippen LogP contribution in [0.4, 0.5) is 0 Å². The summed E-state index contributed by atoms with van der Waals surface area (Å²) in [6.07, 6.45) is 10.0. The van der Waals surface area contributed by atoms with Crippen molar-refractivity contribution in [3.05, 3.63) is 16.1 Å². The Morgan fingerprint density at radius 1 is 1.33 bits per heavy atom. The highest BCUT2D eigenvalue weighted by Gasteiger charge is 2.17. The van der Waals surface area contributed by atoms with Crippen molar-refractivity contribution in [3.8, 4) is 0 Å². The van der Waals surface area contributed by atoms with E-state index in [1.54, 1.807) is 11.3 Å². The molecule has 1 saturated carbocycles. The summed E-state index contributed by atoms with van der Waals surface area (Å²) in [4.78, 5) is 12.8. The molecule has 2 rings (SSSR count). The van der Waals surface area contributed by atoms with E-state index in [4.69, 9.17) is 0 Å². The van der Waals surface area contributed by atoms with Gasteiger partial charge in [0, 0.05) is 30.2 Å². The van der Waals surface area contributed by atoms with Crippen molar-refractivity contribution in [2.45, 2.75) is 65.0 Å². The second-order valence-corrected chi connectivity index (χ2v) is 7.93. The number of aliphatic imine (C=N–C) groups is 1. The van der Waals surface area contributed by atoms with Crippen LogP contribution in [-0.2, 0) is 6.54 Å². The monoisotopic (exact) mass is 351 g/mol. The van der Waals surface area contributed by atoms with Crippen LogP contribution in [0.5, 0.6) is 0 Å². The number of nitrogens with zero attached hydrogens (tertiary/aromatic N) is 3. The Hall–Kier alpha value is -1.14. The van der Waals surface area contributed by atoms with Crippen LogP contribution in [0, 0.1) is 6.92 Å². The second-order valence-electron chi connectivity index (χ2n) is 6.61. The smallest absolute Gasteiger partial charge is 0.191 e. The maximum Gasteiger partial charge on any atom is 0.191 e. The van der Waals surface area contributed by atoms with Crippen LogP contribution in [0.25, 0.3) is 0 Å². The van der Waals surface area contributed by atoms with Gasteiger partial charge in [0.2, 0.25) is 0 Å². The summed E-state index contributed by atoms with van der Waals surface area (Å²) in [5.41, 5.74) is 0. The topological polar surface area (TPSA) is 52.6 Å². The molecular formula is C18H33N5S. The van der Waals surface area contributed by atoms with Crippen molar-refractivity contribution in [2.24, 2.45) is 4.99 Å². The third kappa shape index (κ3) is 6.77. The summed E-state index contributed by atoms with van der Waals surface area (Å²) >= 11 is 1.72. The molecule has 2 N–H and O–H groups in total. The Morgan fingerprint density at radius 2 is 2.12 bits per heavy atom. The summed E-state index contributed by atoms with van der Waals surface area (Å²) < 4.78 is 0. The Balaban J connectivity index is 1.68. The van der Waals surface area contributed by atoms with E-state index in [9.17, 15) is 0 Å². The molecule has 1 fully saturated rings. The van der Waals surface area contributed by atoms with Crippen LogP contribution in [0.1, 0.15) is 55.3 Å². The van der Waals surface area contributed by atoms with E-state index in [-0.39, 0.29) is 0 Å². The maximum absolute atomic E-state index is 4.63. The molecule has 0 bridgehead atoms. The molecule has 1 heterocycles. The van der Waals surface area contributed by atoms with Crippen molar-refractivity contribution in [1.82, 2.24) is 20.5 Å². The molecule has 0 aromatic carbocycles. The lowest BCUT2D eigenvalue weighted by Gasteiger charge is -2.31. The minimum absolute atomic E-state index is 0.649. The molecule has 0 unspecified atom stereocenters. The van der Waals surface area contributed by atoms with Gasteiger partial charge in [0.1, 0.15) is 5.01 Å². The molecule has 24 heavy (non-hydrogen) atoms. The molecule has 0 amide bonds. The fourth-order valence-electron chi connectivity index (χ4n) is 3.20. The van der Waals surface area contributed by atoms with E-state index >= 15 is 0 Å². The van der Waals surface area contributed by atoms with Crippen molar-refractivity contribution < 1.29 is 0 Å². The maximum atomic E-state index is 4.63. The molecule has 1 aromatic rings. The van der Waals surface area contributed by atoms with Gasteiger partial charge in [-0.3, -0.25) is 0 Å². The predicted octanol–water partition coefficient (Wildman–Crippen LogP) is 3.16. The molecule has 136 valence electrons. The third-order valence-corrected chi connectivity index (χ3v) is 5.46. The Bertz CT molecular complexity index is 493. The highest BCUT2D eigenvalue weighted by atomic mass is 32.1. The van der Waals surface area contributed by atoms with Gasteiger partial charge in [-0.15, -0.1) is 11.3 Å². The molecule has 1 aliphatic carbocycles. The minimum atomic E-state index is 0.649. The lowest BCUT2D eigenvalue weighted by molar-refractivity contribution is 0.190. The first-order valence-corrected chi connectivity index (χ1v) is 10.1. The molecule has 1 aromatic heterocycles. The van der Waals surface area contributed by atoms with Crippen molar-refractivity contribution in [3.63, 3.8) is 0 Å². The molecule has 1 aliphatic rings. The van der Waals surface area contributed by atoms with Gasteiger partial charge in [0.25, 0.3) is 0 Å². The number of aromatic nitrogens is 1. The summed E-state index contributed by atoms with van der Waals surface area (Å²) in [5, 5.41) is 7.83. The predicted molar refractivity (Wildman–Crippen MR) is 104 cm³/mol. The van der Waals surface area contributed by atoms with Crippen LogP contribution in [0.3, 0.4) is 0 Å². The lowest BCUT2D eigenvalue weighted by Crippen LogP contribution is -2.39. The molecule has 5 nitrogen and oxygen atoms in total. The fourth-order valence-corrected chi connectivity index (χ4v) is 3.91. The summed E-state index contributed by atoms with van der Waals surface area (Å²) in [6.45, 7) is 7.82. The fraction of sp³-hybridized carbons (Fsp3) is 0.778. The van der Waals surface area contributed by atoms with Crippen LogP contribution >= 0.6 is 11.3 Å². The number of hydrogen-bond acceptors (Lipinski definition) is 4. The largest absolute Gasteiger partial charge is 0.357 e. The molecule has 0 spiro atoms. The van der Waals surface area contributed by atoms with Crippen LogP contribution in [-0.4, -0.2) is 48.6 Å². The number of nitrogens with one attached hydrogen (secondary N) is 2. The van der Waals surface area contributed by atoms with Crippen molar-refractivity contribution >= 4 is 17.3 Å². The average Bonchev–Trinajstić information content (AvgIpc) is 3.02. The first kappa shape index (κ1) is 19.2. The first-order chi connectivity index (χ1) is 11.7. The summed E-state index contributed by atoms with van der Waals surface area (Å²) in [6, 6.07) is 0.800. The minimum Gasteiger partial charge on any atom is -0.357 e. The van der Waals surface area contributed by atoms with Crippen LogP contribution in [0.2, 0.25) is 0 Å². The molecule has 0 aliphatic heterocycles. The van der Waals surface area contributed by atoms with Gasteiger partial charge in [0.15, 0.2) is 5.96 Å². The van der Waals surface area contributed by atoms with Gasteiger partial charge in [-0.05, 0) is 46.7 Å². The van der Waals surface area contributed by atoms with Gasteiger partial charge < -0.3 is 15.5 Å². The molecule has 0 radical (unpaired) electrons. The Kier molecular flexibility index (Phi) is 8.53. The van der Waals surface area contributed by atoms with E-state index in [2.05, 4.69) is 46.4 Å². The van der Waals surface area contributed by atoms with Crippen LogP contribution < -0.4 is 10.6 Å². The normalized spacial score (nSPS) is 16.6. The van der Waals surface area contributed by atoms with Gasteiger partial charge in [-0.25, -0.2) is 9.98 Å².